The minimum absolute atomic E-state index is 0.203. The van der Waals surface area contributed by atoms with Gasteiger partial charge in [-0.05, 0) is 73.9 Å². The van der Waals surface area contributed by atoms with Crippen LogP contribution in [0.15, 0.2) is 58.5 Å². The van der Waals surface area contributed by atoms with Gasteiger partial charge in [0, 0.05) is 18.7 Å². The lowest BCUT2D eigenvalue weighted by atomic mass is 10.2. The molecule has 0 aliphatic carbocycles. The van der Waals surface area contributed by atoms with E-state index in [1.807, 2.05) is 31.2 Å². The van der Waals surface area contributed by atoms with Crippen LogP contribution in [0.5, 0.6) is 5.75 Å². The van der Waals surface area contributed by atoms with Crippen LogP contribution in [0.3, 0.4) is 0 Å². The average Bonchev–Trinajstić information content (AvgIpc) is 2.76. The first-order chi connectivity index (χ1) is 14.0. The second-order valence-electron chi connectivity index (χ2n) is 6.69. The van der Waals surface area contributed by atoms with Crippen molar-refractivity contribution in [3.63, 3.8) is 0 Å². The number of piperidine rings is 1. The van der Waals surface area contributed by atoms with Gasteiger partial charge in [0.05, 0.1) is 17.7 Å². The highest BCUT2D eigenvalue weighted by atomic mass is 32.2. The molecule has 1 saturated heterocycles. The fourth-order valence-electron chi connectivity index (χ4n) is 3.08. The van der Waals surface area contributed by atoms with E-state index in [0.717, 1.165) is 30.6 Å². The van der Waals surface area contributed by atoms with E-state index in [-0.39, 0.29) is 4.90 Å². The number of amides is 1. The summed E-state index contributed by atoms with van der Waals surface area (Å²) >= 11 is 0. The lowest BCUT2D eigenvalue weighted by Crippen LogP contribution is -2.35. The standard InChI is InChI=1S/C21H25N3O4S/c1-2-28-19-10-6-17(7-11-19)16-22-23-21(25)18-8-12-20(13-9-18)29(26,27)24-14-4-3-5-15-24/h6-13,16H,2-5,14-15H2,1H3,(H,23,25). The number of carbonyl (C=O) groups excluding carboxylic acids is 1. The summed E-state index contributed by atoms with van der Waals surface area (Å²) in [4.78, 5) is 12.4. The first-order valence-electron chi connectivity index (χ1n) is 9.67. The molecule has 0 bridgehead atoms. The van der Waals surface area contributed by atoms with Gasteiger partial charge >= 0.3 is 0 Å². The third-order valence-corrected chi connectivity index (χ3v) is 6.55. The van der Waals surface area contributed by atoms with Crippen LogP contribution < -0.4 is 10.2 Å². The van der Waals surface area contributed by atoms with Crippen LogP contribution in [0.25, 0.3) is 0 Å². The molecule has 29 heavy (non-hydrogen) atoms. The molecule has 2 aromatic carbocycles. The third kappa shape index (κ3) is 5.42. The van der Waals surface area contributed by atoms with Gasteiger partial charge in [-0.2, -0.15) is 9.41 Å². The Morgan fingerprint density at radius 2 is 1.72 bits per heavy atom. The molecule has 1 amide bonds. The molecule has 2 aromatic rings. The van der Waals surface area contributed by atoms with Gasteiger partial charge in [-0.3, -0.25) is 4.79 Å². The summed E-state index contributed by atoms with van der Waals surface area (Å²) in [6.07, 6.45) is 4.35. The summed E-state index contributed by atoms with van der Waals surface area (Å²) in [6.45, 7) is 3.61. The molecule has 1 heterocycles. The molecule has 1 aliphatic heterocycles. The number of carbonyl (C=O) groups is 1. The monoisotopic (exact) mass is 415 g/mol. The fourth-order valence-corrected chi connectivity index (χ4v) is 4.60. The Morgan fingerprint density at radius 1 is 1.07 bits per heavy atom. The number of hydrogen-bond donors (Lipinski definition) is 1. The van der Waals surface area contributed by atoms with Crippen LogP contribution in [0, 0.1) is 0 Å². The number of nitrogens with one attached hydrogen (secondary N) is 1. The Labute approximate surface area is 171 Å². The van der Waals surface area contributed by atoms with E-state index in [0.29, 0.717) is 25.3 Å². The number of hydrazone groups is 1. The van der Waals surface area contributed by atoms with Crippen molar-refractivity contribution in [1.29, 1.82) is 0 Å². The molecule has 3 rings (SSSR count). The molecule has 154 valence electrons. The first-order valence-corrected chi connectivity index (χ1v) is 11.1. The summed E-state index contributed by atoms with van der Waals surface area (Å²) in [6, 6.07) is 13.3. The zero-order valence-electron chi connectivity index (χ0n) is 16.4. The Balaban J connectivity index is 1.60. The second-order valence-corrected chi connectivity index (χ2v) is 8.63. The smallest absolute Gasteiger partial charge is 0.271 e. The van der Waals surface area contributed by atoms with Gasteiger partial charge in [-0.1, -0.05) is 6.42 Å². The van der Waals surface area contributed by atoms with Crippen molar-refractivity contribution in [2.75, 3.05) is 19.7 Å². The van der Waals surface area contributed by atoms with Gasteiger partial charge in [-0.25, -0.2) is 13.8 Å². The fraction of sp³-hybridized carbons (Fsp3) is 0.333. The molecule has 0 aromatic heterocycles. The summed E-state index contributed by atoms with van der Waals surface area (Å²) in [5, 5.41) is 3.95. The van der Waals surface area contributed by atoms with Crippen LogP contribution in [-0.4, -0.2) is 44.5 Å². The van der Waals surface area contributed by atoms with Gasteiger partial charge < -0.3 is 4.74 Å². The van der Waals surface area contributed by atoms with E-state index in [2.05, 4.69) is 10.5 Å². The van der Waals surface area contributed by atoms with Crippen molar-refractivity contribution in [1.82, 2.24) is 9.73 Å². The third-order valence-electron chi connectivity index (χ3n) is 4.64. The van der Waals surface area contributed by atoms with E-state index >= 15 is 0 Å². The maximum atomic E-state index is 12.7. The molecule has 1 N–H and O–H groups in total. The van der Waals surface area contributed by atoms with Gasteiger partial charge in [0.15, 0.2) is 0 Å². The number of hydrogen-bond acceptors (Lipinski definition) is 5. The summed E-state index contributed by atoms with van der Waals surface area (Å²) in [5.41, 5.74) is 3.60. The maximum absolute atomic E-state index is 12.7. The van der Waals surface area contributed by atoms with Crippen molar-refractivity contribution in [3.05, 3.63) is 59.7 Å². The zero-order chi connectivity index (χ0) is 20.7. The Hall–Kier alpha value is -2.71. The SMILES string of the molecule is CCOc1ccc(C=NNC(=O)c2ccc(S(=O)(=O)N3CCCCC3)cc2)cc1. The lowest BCUT2D eigenvalue weighted by Gasteiger charge is -2.25. The van der Waals surface area contributed by atoms with Crippen LogP contribution in [-0.2, 0) is 10.0 Å². The molecule has 0 radical (unpaired) electrons. The predicted molar refractivity (Wildman–Crippen MR) is 112 cm³/mol. The predicted octanol–water partition coefficient (Wildman–Crippen LogP) is 3.02. The number of benzene rings is 2. The highest BCUT2D eigenvalue weighted by Crippen LogP contribution is 2.20. The normalized spacial score (nSPS) is 15.3. The molecule has 1 aliphatic rings. The van der Waals surface area contributed by atoms with Gasteiger partial charge in [0.1, 0.15) is 5.75 Å². The quantitative estimate of drug-likeness (QED) is 0.556. The van der Waals surface area contributed by atoms with E-state index in [1.165, 1.54) is 34.8 Å². The van der Waals surface area contributed by atoms with E-state index < -0.39 is 15.9 Å². The Bertz CT molecular complexity index is 948. The maximum Gasteiger partial charge on any atom is 0.271 e. The molecular weight excluding hydrogens is 390 g/mol. The number of rotatable bonds is 7. The van der Waals surface area contributed by atoms with Gasteiger partial charge in [-0.15, -0.1) is 0 Å². The van der Waals surface area contributed by atoms with Crippen molar-refractivity contribution in [2.24, 2.45) is 5.10 Å². The van der Waals surface area contributed by atoms with Crippen LogP contribution in [0.2, 0.25) is 0 Å². The van der Waals surface area contributed by atoms with E-state index in [1.54, 1.807) is 0 Å². The van der Waals surface area contributed by atoms with Crippen LogP contribution >= 0.6 is 0 Å². The lowest BCUT2D eigenvalue weighted by molar-refractivity contribution is 0.0955. The molecule has 0 unspecified atom stereocenters. The van der Waals surface area contributed by atoms with Crippen LogP contribution in [0.4, 0.5) is 0 Å². The minimum atomic E-state index is -3.50. The summed E-state index contributed by atoms with van der Waals surface area (Å²) in [7, 11) is -3.50. The number of ether oxygens (including phenoxy) is 1. The topological polar surface area (TPSA) is 88.1 Å². The molecule has 0 spiro atoms. The van der Waals surface area contributed by atoms with E-state index in [9.17, 15) is 13.2 Å². The van der Waals surface area contributed by atoms with Crippen molar-refractivity contribution >= 4 is 22.1 Å². The summed E-state index contributed by atoms with van der Waals surface area (Å²) < 4.78 is 32.2. The Kier molecular flexibility index (Phi) is 7.00. The van der Waals surface area contributed by atoms with Crippen LogP contribution in [0.1, 0.15) is 42.1 Å². The molecule has 8 heteroatoms. The second kappa shape index (κ2) is 9.67. The average molecular weight is 416 g/mol. The van der Waals surface area contributed by atoms with Gasteiger partial charge in [0.25, 0.3) is 5.91 Å². The zero-order valence-corrected chi connectivity index (χ0v) is 17.2. The highest BCUT2D eigenvalue weighted by Gasteiger charge is 2.25. The van der Waals surface area contributed by atoms with E-state index in [4.69, 9.17) is 4.74 Å². The molecule has 1 fully saturated rings. The van der Waals surface area contributed by atoms with Gasteiger partial charge in [0.2, 0.25) is 10.0 Å². The van der Waals surface area contributed by atoms with Crippen molar-refractivity contribution in [3.8, 4) is 5.75 Å². The van der Waals surface area contributed by atoms with Crippen molar-refractivity contribution in [2.45, 2.75) is 31.1 Å². The summed E-state index contributed by atoms with van der Waals surface area (Å²) in [5.74, 6) is 0.363. The minimum Gasteiger partial charge on any atom is -0.494 e. The molecule has 0 saturated carbocycles. The molecular formula is C21H25N3O4S. The number of sulfonamides is 1. The number of nitrogens with zero attached hydrogens (tertiary/aromatic N) is 2. The molecule has 0 atom stereocenters. The van der Waals surface area contributed by atoms with Crippen molar-refractivity contribution < 1.29 is 17.9 Å². The Morgan fingerprint density at radius 3 is 2.34 bits per heavy atom. The first kappa shape index (κ1) is 21.0. The highest BCUT2D eigenvalue weighted by molar-refractivity contribution is 7.89. The largest absolute Gasteiger partial charge is 0.494 e. The molecule has 7 nitrogen and oxygen atoms in total.